The molecule has 1 aliphatic rings. The second-order valence-corrected chi connectivity index (χ2v) is 4.88. The number of benzene rings is 1. The highest BCUT2D eigenvalue weighted by molar-refractivity contribution is 8.13. The number of nitrogens with two attached hydrogens (primary N) is 1. The molecule has 0 spiro atoms. The molecule has 17 heavy (non-hydrogen) atoms. The van der Waals surface area contributed by atoms with Gasteiger partial charge in [0.15, 0.2) is 12.2 Å². The molecule has 4 nitrogen and oxygen atoms in total. The zero-order chi connectivity index (χ0) is 12.3. The molecule has 1 amide bonds. The number of hydrogen-bond acceptors (Lipinski definition) is 4. The van der Waals surface area contributed by atoms with Crippen LogP contribution in [0.4, 0.5) is 0 Å². The van der Waals surface area contributed by atoms with Crippen molar-refractivity contribution in [3.8, 4) is 0 Å². The number of hydrogen-bond donors (Lipinski definition) is 1. The fraction of sp³-hybridized carbons (Fsp3) is 0.333. The van der Waals surface area contributed by atoms with Gasteiger partial charge in [-0.1, -0.05) is 42.1 Å². The van der Waals surface area contributed by atoms with Crippen molar-refractivity contribution < 1.29 is 14.3 Å². The fourth-order valence-electron chi connectivity index (χ4n) is 1.50. The predicted molar refractivity (Wildman–Crippen MR) is 65.5 cm³/mol. The van der Waals surface area contributed by atoms with Crippen molar-refractivity contribution in [1.29, 1.82) is 0 Å². The summed E-state index contributed by atoms with van der Waals surface area (Å²) in [7, 11) is 0. The van der Waals surface area contributed by atoms with Crippen molar-refractivity contribution in [2.75, 3.05) is 5.75 Å². The van der Waals surface area contributed by atoms with Crippen LogP contribution in [0.5, 0.6) is 0 Å². The van der Waals surface area contributed by atoms with Crippen molar-refractivity contribution in [3.05, 3.63) is 35.9 Å². The summed E-state index contributed by atoms with van der Waals surface area (Å²) >= 11 is 1.19. The van der Waals surface area contributed by atoms with Crippen LogP contribution in [0.2, 0.25) is 0 Å². The van der Waals surface area contributed by atoms with Crippen molar-refractivity contribution in [2.24, 2.45) is 5.73 Å². The Bertz CT molecular complexity index is 421. The van der Waals surface area contributed by atoms with Crippen LogP contribution in [-0.2, 0) is 20.7 Å². The van der Waals surface area contributed by atoms with Crippen LogP contribution in [0.3, 0.4) is 0 Å². The van der Waals surface area contributed by atoms with Gasteiger partial charge in [-0.05, 0) is 12.0 Å². The lowest BCUT2D eigenvalue weighted by atomic mass is 10.2. The smallest absolute Gasteiger partial charge is 0.249 e. The van der Waals surface area contributed by atoms with E-state index in [1.807, 2.05) is 30.3 Å². The van der Waals surface area contributed by atoms with Crippen LogP contribution in [0, 0.1) is 0 Å². The minimum Gasteiger partial charge on any atom is -0.367 e. The lowest BCUT2D eigenvalue weighted by molar-refractivity contribution is -0.119. The van der Waals surface area contributed by atoms with Crippen molar-refractivity contribution in [2.45, 2.75) is 18.6 Å². The van der Waals surface area contributed by atoms with Crippen LogP contribution >= 0.6 is 11.8 Å². The molecule has 5 heteroatoms. The summed E-state index contributed by atoms with van der Waals surface area (Å²) in [6.07, 6.45) is -0.495. The van der Waals surface area contributed by atoms with E-state index in [-0.39, 0.29) is 5.12 Å². The fourth-order valence-corrected chi connectivity index (χ4v) is 2.39. The van der Waals surface area contributed by atoms with Gasteiger partial charge in [-0.15, -0.1) is 0 Å². The maximum absolute atomic E-state index is 11.5. The average Bonchev–Trinajstić information content (AvgIpc) is 3.10. The van der Waals surface area contributed by atoms with E-state index in [0.29, 0.717) is 5.75 Å². The number of ether oxygens (including phenoxy) is 1. The molecule has 2 unspecified atom stereocenters. The standard InChI is InChI=1S/C12H13NO3S/c13-11(14)9-10(16-9)12(15)17-7-6-8-4-2-1-3-5-8/h1-5,9-10H,6-7H2,(H2,13,14). The number of aryl methyl sites for hydroxylation is 1. The van der Waals surface area contributed by atoms with Crippen LogP contribution in [0.25, 0.3) is 0 Å². The number of carbonyl (C=O) groups is 2. The molecular weight excluding hydrogens is 238 g/mol. The zero-order valence-corrected chi connectivity index (χ0v) is 9.98. The van der Waals surface area contributed by atoms with E-state index >= 15 is 0 Å². The van der Waals surface area contributed by atoms with E-state index in [4.69, 9.17) is 10.5 Å². The maximum atomic E-state index is 11.5. The Kier molecular flexibility index (Phi) is 3.81. The molecule has 1 heterocycles. The summed E-state index contributed by atoms with van der Waals surface area (Å²) in [5.74, 6) is 0.126. The highest BCUT2D eigenvalue weighted by Gasteiger charge is 2.49. The Morgan fingerprint density at radius 1 is 1.24 bits per heavy atom. The van der Waals surface area contributed by atoms with E-state index in [2.05, 4.69) is 0 Å². The quantitative estimate of drug-likeness (QED) is 0.783. The Balaban J connectivity index is 1.70. The molecule has 1 saturated heterocycles. The van der Waals surface area contributed by atoms with Gasteiger partial charge in [0.1, 0.15) is 0 Å². The first-order valence-corrected chi connectivity index (χ1v) is 6.32. The van der Waals surface area contributed by atoms with Crippen molar-refractivity contribution >= 4 is 22.8 Å². The molecule has 1 aromatic carbocycles. The first-order chi connectivity index (χ1) is 8.18. The van der Waals surface area contributed by atoms with Crippen LogP contribution in [0.15, 0.2) is 30.3 Å². The van der Waals surface area contributed by atoms with Crippen LogP contribution in [0.1, 0.15) is 5.56 Å². The first-order valence-electron chi connectivity index (χ1n) is 5.34. The second kappa shape index (κ2) is 5.33. The molecule has 1 aromatic rings. The molecule has 2 N–H and O–H groups in total. The Morgan fingerprint density at radius 3 is 2.53 bits per heavy atom. The molecule has 0 saturated carbocycles. The van der Waals surface area contributed by atoms with Gasteiger partial charge in [0.05, 0.1) is 0 Å². The van der Waals surface area contributed by atoms with Gasteiger partial charge < -0.3 is 10.5 Å². The van der Waals surface area contributed by atoms with Gasteiger partial charge in [0.2, 0.25) is 11.0 Å². The summed E-state index contributed by atoms with van der Waals surface area (Å²) in [6, 6.07) is 9.93. The predicted octanol–water partition coefficient (Wildman–Crippen LogP) is 0.742. The maximum Gasteiger partial charge on any atom is 0.249 e. The van der Waals surface area contributed by atoms with Crippen molar-refractivity contribution in [1.82, 2.24) is 0 Å². The highest BCUT2D eigenvalue weighted by atomic mass is 32.2. The number of epoxide rings is 1. The molecule has 90 valence electrons. The van der Waals surface area contributed by atoms with Gasteiger partial charge in [0.25, 0.3) is 0 Å². The topological polar surface area (TPSA) is 72.7 Å². The monoisotopic (exact) mass is 251 g/mol. The van der Waals surface area contributed by atoms with E-state index in [0.717, 1.165) is 6.42 Å². The third-order valence-corrected chi connectivity index (χ3v) is 3.41. The Morgan fingerprint density at radius 2 is 1.94 bits per heavy atom. The van der Waals surface area contributed by atoms with E-state index in [1.165, 1.54) is 17.3 Å². The van der Waals surface area contributed by atoms with Gasteiger partial charge in [-0.2, -0.15) is 0 Å². The summed E-state index contributed by atoms with van der Waals surface area (Å²) in [4.78, 5) is 22.2. The lowest BCUT2D eigenvalue weighted by Crippen LogP contribution is -2.22. The lowest BCUT2D eigenvalue weighted by Gasteiger charge is -1.99. The van der Waals surface area contributed by atoms with Crippen LogP contribution < -0.4 is 5.73 Å². The molecule has 2 rings (SSSR count). The summed E-state index contributed by atoms with van der Waals surface area (Å²) in [5.41, 5.74) is 6.21. The van der Waals surface area contributed by atoms with Gasteiger partial charge in [-0.25, -0.2) is 0 Å². The molecule has 0 bridgehead atoms. The van der Waals surface area contributed by atoms with Gasteiger partial charge in [0, 0.05) is 5.75 Å². The van der Waals surface area contributed by atoms with Gasteiger partial charge in [-0.3, -0.25) is 9.59 Å². The molecule has 0 aliphatic carbocycles. The normalized spacial score (nSPS) is 22.1. The number of carbonyl (C=O) groups excluding carboxylic acids is 2. The Labute approximate surface area is 104 Å². The Hall–Kier alpha value is -1.33. The second-order valence-electron chi connectivity index (χ2n) is 3.78. The molecule has 0 radical (unpaired) electrons. The van der Waals surface area contributed by atoms with E-state index in [1.54, 1.807) is 0 Å². The number of rotatable bonds is 5. The third kappa shape index (κ3) is 3.31. The minimum absolute atomic E-state index is 0.107. The zero-order valence-electron chi connectivity index (χ0n) is 9.17. The summed E-state index contributed by atoms with van der Waals surface area (Å²) in [6.45, 7) is 0. The molecular formula is C12H13NO3S. The minimum atomic E-state index is -0.702. The molecule has 0 aromatic heterocycles. The largest absolute Gasteiger partial charge is 0.367 e. The molecule has 1 fully saturated rings. The van der Waals surface area contributed by atoms with E-state index < -0.39 is 18.1 Å². The molecule has 1 aliphatic heterocycles. The number of primary amides is 1. The number of thioether (sulfide) groups is 1. The first kappa shape index (κ1) is 12.1. The SMILES string of the molecule is NC(=O)C1OC1C(=O)SCCc1ccccc1. The summed E-state index contributed by atoms with van der Waals surface area (Å²) < 4.78 is 4.90. The third-order valence-electron chi connectivity index (χ3n) is 2.48. The number of amides is 1. The highest BCUT2D eigenvalue weighted by Crippen LogP contribution is 2.27. The van der Waals surface area contributed by atoms with Crippen molar-refractivity contribution in [3.63, 3.8) is 0 Å². The molecule has 2 atom stereocenters. The van der Waals surface area contributed by atoms with Gasteiger partial charge >= 0.3 is 0 Å². The average molecular weight is 251 g/mol. The van der Waals surface area contributed by atoms with E-state index in [9.17, 15) is 9.59 Å². The van der Waals surface area contributed by atoms with Crippen LogP contribution in [-0.4, -0.2) is 29.0 Å². The summed E-state index contributed by atoms with van der Waals surface area (Å²) in [5, 5.41) is -0.107.